The molecule has 0 aliphatic rings. The van der Waals surface area contributed by atoms with E-state index in [-0.39, 0.29) is 22.1 Å². The zero-order valence-corrected chi connectivity index (χ0v) is 14.2. The van der Waals surface area contributed by atoms with Crippen LogP contribution in [0.15, 0.2) is 34.9 Å². The van der Waals surface area contributed by atoms with Gasteiger partial charge in [0, 0.05) is 17.0 Å². The number of hydrogen-bond acceptors (Lipinski definition) is 4. The van der Waals surface area contributed by atoms with E-state index < -0.39 is 11.6 Å². The van der Waals surface area contributed by atoms with Crippen LogP contribution in [0.3, 0.4) is 0 Å². The van der Waals surface area contributed by atoms with Crippen LogP contribution in [0.2, 0.25) is 0 Å². The molecule has 0 unspecified atom stereocenters. The van der Waals surface area contributed by atoms with Gasteiger partial charge in [0.25, 0.3) is 0 Å². The fourth-order valence-electron chi connectivity index (χ4n) is 2.06. The highest BCUT2D eigenvalue weighted by Gasteiger charge is 2.16. The second kappa shape index (κ2) is 6.29. The lowest BCUT2D eigenvalue weighted by atomic mass is 10.2. The molecule has 1 aromatic heterocycles. The van der Waals surface area contributed by atoms with Crippen molar-refractivity contribution in [1.82, 2.24) is 10.2 Å². The van der Waals surface area contributed by atoms with E-state index in [1.165, 1.54) is 24.3 Å². The number of nitrogens with one attached hydrogen (secondary N) is 2. The summed E-state index contributed by atoms with van der Waals surface area (Å²) >= 11 is 4.41. The number of thioether (sulfide) groups is 1. The van der Waals surface area contributed by atoms with E-state index in [4.69, 9.17) is 10.1 Å². The molecular formula is C15H10BrF2N3OS. The SMILES string of the molecule is CSC(=N)c1cc(Oc2c(F)cc3[nH]ncc3c2Br)ccc1F. The molecule has 0 bridgehead atoms. The highest BCUT2D eigenvalue weighted by Crippen LogP contribution is 2.38. The number of nitrogens with zero attached hydrogens (tertiary/aromatic N) is 1. The van der Waals surface area contributed by atoms with Gasteiger partial charge in [0.1, 0.15) is 11.6 Å². The van der Waals surface area contributed by atoms with Crippen molar-refractivity contribution >= 4 is 43.6 Å². The quantitative estimate of drug-likeness (QED) is 0.478. The van der Waals surface area contributed by atoms with E-state index in [0.29, 0.717) is 15.4 Å². The summed E-state index contributed by atoms with van der Waals surface area (Å²) in [6.45, 7) is 0. The monoisotopic (exact) mass is 397 g/mol. The van der Waals surface area contributed by atoms with Crippen LogP contribution in [0.5, 0.6) is 11.5 Å². The Labute approximate surface area is 142 Å². The first-order valence-electron chi connectivity index (χ1n) is 6.42. The fourth-order valence-corrected chi connectivity index (χ4v) is 3.03. The van der Waals surface area contributed by atoms with Gasteiger partial charge in [-0.25, -0.2) is 8.78 Å². The molecule has 0 saturated carbocycles. The molecule has 0 aliphatic carbocycles. The number of benzene rings is 2. The van der Waals surface area contributed by atoms with Crippen LogP contribution in [-0.4, -0.2) is 21.5 Å². The summed E-state index contributed by atoms with van der Waals surface area (Å²) in [5, 5.41) is 15.0. The summed E-state index contributed by atoms with van der Waals surface area (Å²) < 4.78 is 34.0. The second-order valence-electron chi connectivity index (χ2n) is 4.61. The van der Waals surface area contributed by atoms with E-state index in [2.05, 4.69) is 26.1 Å². The molecule has 3 aromatic rings. The van der Waals surface area contributed by atoms with Gasteiger partial charge in [0.05, 0.1) is 21.2 Å². The van der Waals surface area contributed by atoms with Crippen molar-refractivity contribution in [3.63, 3.8) is 0 Å². The summed E-state index contributed by atoms with van der Waals surface area (Å²) in [5.41, 5.74) is 0.640. The van der Waals surface area contributed by atoms with E-state index in [1.54, 1.807) is 12.5 Å². The van der Waals surface area contributed by atoms with E-state index in [1.807, 2.05) is 0 Å². The molecule has 0 atom stereocenters. The predicted molar refractivity (Wildman–Crippen MR) is 90.6 cm³/mol. The summed E-state index contributed by atoms with van der Waals surface area (Å²) in [6.07, 6.45) is 3.23. The average molecular weight is 398 g/mol. The predicted octanol–water partition coefficient (Wildman–Crippen LogP) is 5.08. The van der Waals surface area contributed by atoms with Gasteiger partial charge in [-0.3, -0.25) is 10.5 Å². The van der Waals surface area contributed by atoms with Crippen molar-refractivity contribution in [2.24, 2.45) is 0 Å². The van der Waals surface area contributed by atoms with Crippen molar-refractivity contribution in [1.29, 1.82) is 5.41 Å². The second-order valence-corrected chi connectivity index (χ2v) is 6.22. The van der Waals surface area contributed by atoms with Gasteiger partial charge in [0.2, 0.25) is 0 Å². The van der Waals surface area contributed by atoms with Gasteiger partial charge >= 0.3 is 0 Å². The minimum absolute atomic E-state index is 0.0212. The molecule has 118 valence electrons. The Kier molecular flexibility index (Phi) is 4.36. The third-order valence-corrected chi connectivity index (χ3v) is 4.61. The van der Waals surface area contributed by atoms with E-state index in [0.717, 1.165) is 11.8 Å². The van der Waals surface area contributed by atoms with Crippen molar-refractivity contribution in [2.75, 3.05) is 6.26 Å². The summed E-state index contributed by atoms with van der Waals surface area (Å²) in [4.78, 5) is 0. The van der Waals surface area contributed by atoms with Crippen LogP contribution in [0, 0.1) is 17.0 Å². The Bertz CT molecular complexity index is 913. The molecule has 1 heterocycles. The Balaban J connectivity index is 2.04. The molecule has 8 heteroatoms. The molecule has 3 rings (SSSR count). The first-order chi connectivity index (χ1) is 11.0. The Morgan fingerprint density at radius 2 is 2.09 bits per heavy atom. The molecular weight excluding hydrogens is 388 g/mol. The third-order valence-electron chi connectivity index (χ3n) is 3.20. The molecule has 0 saturated heterocycles. The Morgan fingerprint density at radius 3 is 2.83 bits per heavy atom. The number of aromatic nitrogens is 2. The minimum atomic E-state index is -0.584. The summed E-state index contributed by atoms with van der Waals surface area (Å²) in [7, 11) is 0. The van der Waals surface area contributed by atoms with Crippen molar-refractivity contribution in [3.05, 3.63) is 52.1 Å². The topological polar surface area (TPSA) is 61.8 Å². The first-order valence-corrected chi connectivity index (χ1v) is 8.44. The van der Waals surface area contributed by atoms with Crippen molar-refractivity contribution in [2.45, 2.75) is 0 Å². The molecule has 0 radical (unpaired) electrons. The van der Waals surface area contributed by atoms with E-state index in [9.17, 15) is 8.78 Å². The van der Waals surface area contributed by atoms with Gasteiger partial charge in [-0.2, -0.15) is 5.10 Å². The Morgan fingerprint density at radius 1 is 1.30 bits per heavy atom. The van der Waals surface area contributed by atoms with Gasteiger partial charge in [-0.05, 0) is 40.4 Å². The lowest BCUT2D eigenvalue weighted by Gasteiger charge is -2.11. The number of rotatable bonds is 3. The number of fused-ring (bicyclic) bond motifs is 1. The molecule has 0 amide bonds. The standard InChI is InChI=1S/C15H10BrF2N3OS/c1-23-15(19)8-4-7(2-3-10(8)17)22-14-11(18)5-12-9(13(14)16)6-20-21-12/h2-6,19H,1H3,(H,20,21). The normalized spacial score (nSPS) is 11.0. The molecule has 2 N–H and O–H groups in total. The average Bonchev–Trinajstić information content (AvgIpc) is 3.00. The largest absolute Gasteiger partial charge is 0.453 e. The zero-order chi connectivity index (χ0) is 16.6. The Hall–Kier alpha value is -1.93. The molecule has 4 nitrogen and oxygen atoms in total. The van der Waals surface area contributed by atoms with Crippen LogP contribution in [0.1, 0.15) is 5.56 Å². The molecule has 23 heavy (non-hydrogen) atoms. The highest BCUT2D eigenvalue weighted by molar-refractivity contribution is 9.10. The molecule has 0 spiro atoms. The first kappa shape index (κ1) is 15.9. The molecule has 2 aromatic carbocycles. The number of ether oxygens (including phenoxy) is 1. The number of H-pyrrole nitrogens is 1. The van der Waals surface area contributed by atoms with Crippen molar-refractivity contribution < 1.29 is 13.5 Å². The van der Waals surface area contributed by atoms with E-state index >= 15 is 0 Å². The summed E-state index contributed by atoms with van der Waals surface area (Å²) in [6, 6.07) is 5.23. The number of aromatic amines is 1. The van der Waals surface area contributed by atoms with Gasteiger partial charge in [-0.15, -0.1) is 11.8 Å². The molecule has 0 aliphatic heterocycles. The smallest absolute Gasteiger partial charge is 0.178 e. The van der Waals surface area contributed by atoms with Crippen molar-refractivity contribution in [3.8, 4) is 11.5 Å². The van der Waals surface area contributed by atoms with Crippen LogP contribution in [-0.2, 0) is 0 Å². The van der Waals surface area contributed by atoms with Crippen LogP contribution in [0.25, 0.3) is 10.9 Å². The third kappa shape index (κ3) is 2.96. The number of halogens is 3. The fraction of sp³-hybridized carbons (Fsp3) is 0.0667. The van der Waals surface area contributed by atoms with Gasteiger partial charge in [-0.1, -0.05) is 0 Å². The lowest BCUT2D eigenvalue weighted by Crippen LogP contribution is -1.98. The zero-order valence-electron chi connectivity index (χ0n) is 11.8. The lowest BCUT2D eigenvalue weighted by molar-refractivity contribution is 0.439. The maximum absolute atomic E-state index is 14.2. The minimum Gasteiger partial charge on any atom is -0.453 e. The van der Waals surface area contributed by atoms with Gasteiger partial charge < -0.3 is 4.74 Å². The summed E-state index contributed by atoms with van der Waals surface area (Å²) in [5.74, 6) is -0.893. The van der Waals surface area contributed by atoms with Crippen LogP contribution >= 0.6 is 27.7 Å². The number of hydrogen-bond donors (Lipinski definition) is 2. The molecule has 0 fully saturated rings. The van der Waals surface area contributed by atoms with Gasteiger partial charge in [0.15, 0.2) is 11.6 Å². The van der Waals surface area contributed by atoms with Crippen LogP contribution < -0.4 is 4.74 Å². The van der Waals surface area contributed by atoms with Crippen LogP contribution in [0.4, 0.5) is 8.78 Å². The highest BCUT2D eigenvalue weighted by atomic mass is 79.9. The maximum Gasteiger partial charge on any atom is 0.178 e. The maximum atomic E-state index is 14.2.